The summed E-state index contributed by atoms with van der Waals surface area (Å²) in [6, 6.07) is 4.01. The topological polar surface area (TPSA) is 40.5 Å². The third kappa shape index (κ3) is 2.19. The molecule has 0 amide bonds. The van der Waals surface area contributed by atoms with Crippen LogP contribution in [-0.4, -0.2) is 24.2 Å². The number of hydrogen-bond donors (Lipinski definition) is 1. The van der Waals surface area contributed by atoms with Gasteiger partial charge in [0.15, 0.2) is 0 Å². The van der Waals surface area contributed by atoms with Gasteiger partial charge in [-0.05, 0) is 44.4 Å². The van der Waals surface area contributed by atoms with Gasteiger partial charge in [0.05, 0.1) is 16.1 Å². The number of benzene rings is 1. The summed E-state index contributed by atoms with van der Waals surface area (Å²) in [7, 11) is 0. The van der Waals surface area contributed by atoms with E-state index < -0.39 is 11.4 Å². The van der Waals surface area contributed by atoms with Crippen molar-refractivity contribution in [2.45, 2.75) is 27.2 Å². The van der Waals surface area contributed by atoms with Crippen molar-refractivity contribution < 1.29 is 9.90 Å². The van der Waals surface area contributed by atoms with Crippen LogP contribution in [0.4, 0.5) is 5.69 Å². The van der Waals surface area contributed by atoms with Crippen molar-refractivity contribution in [3.05, 3.63) is 28.3 Å². The minimum Gasteiger partial charge on any atom is -0.481 e. The van der Waals surface area contributed by atoms with Gasteiger partial charge in [-0.2, -0.15) is 0 Å². The molecule has 1 fully saturated rings. The van der Waals surface area contributed by atoms with Gasteiger partial charge >= 0.3 is 5.97 Å². The SMILES string of the molecule is Cc1cc(C)c(N2CCC(C)(C(=O)O)C2)c(Cl)c1. The van der Waals surface area contributed by atoms with Crippen molar-refractivity contribution in [3.8, 4) is 0 Å². The Morgan fingerprint density at radius 1 is 1.44 bits per heavy atom. The molecule has 3 nitrogen and oxygen atoms in total. The van der Waals surface area contributed by atoms with E-state index in [-0.39, 0.29) is 0 Å². The smallest absolute Gasteiger partial charge is 0.311 e. The molecule has 0 bridgehead atoms. The second kappa shape index (κ2) is 4.47. The molecule has 2 rings (SSSR count). The summed E-state index contributed by atoms with van der Waals surface area (Å²) in [5.74, 6) is -0.731. The largest absolute Gasteiger partial charge is 0.481 e. The van der Waals surface area contributed by atoms with Crippen LogP contribution in [0, 0.1) is 19.3 Å². The molecule has 0 saturated carbocycles. The van der Waals surface area contributed by atoms with E-state index in [1.807, 2.05) is 19.9 Å². The highest BCUT2D eigenvalue weighted by Crippen LogP contribution is 2.38. The lowest BCUT2D eigenvalue weighted by Crippen LogP contribution is -2.32. The van der Waals surface area contributed by atoms with Crippen LogP contribution in [0.1, 0.15) is 24.5 Å². The van der Waals surface area contributed by atoms with Gasteiger partial charge in [-0.25, -0.2) is 0 Å². The molecule has 1 atom stereocenters. The van der Waals surface area contributed by atoms with E-state index in [9.17, 15) is 9.90 Å². The van der Waals surface area contributed by atoms with E-state index in [1.165, 1.54) is 0 Å². The number of rotatable bonds is 2. The zero-order chi connectivity index (χ0) is 13.5. The molecule has 0 spiro atoms. The Kier molecular flexibility index (Phi) is 3.28. The Morgan fingerprint density at radius 3 is 2.61 bits per heavy atom. The third-order valence-electron chi connectivity index (χ3n) is 3.70. The van der Waals surface area contributed by atoms with E-state index in [4.69, 9.17) is 11.6 Å². The summed E-state index contributed by atoms with van der Waals surface area (Å²) in [5, 5.41) is 9.97. The lowest BCUT2D eigenvalue weighted by atomic mass is 9.90. The second-order valence-corrected chi connectivity index (χ2v) is 5.86. The lowest BCUT2D eigenvalue weighted by Gasteiger charge is -2.24. The monoisotopic (exact) mass is 267 g/mol. The molecule has 1 aromatic carbocycles. The van der Waals surface area contributed by atoms with Gasteiger partial charge in [-0.3, -0.25) is 4.79 Å². The van der Waals surface area contributed by atoms with Gasteiger partial charge in [0.1, 0.15) is 0 Å². The molecule has 0 aliphatic carbocycles. The fourth-order valence-corrected chi connectivity index (χ4v) is 3.08. The van der Waals surface area contributed by atoms with Crippen LogP contribution in [0.2, 0.25) is 5.02 Å². The Hall–Kier alpha value is -1.22. The average molecular weight is 268 g/mol. The molecule has 98 valence electrons. The Balaban J connectivity index is 2.33. The molecule has 1 aromatic rings. The highest BCUT2D eigenvalue weighted by atomic mass is 35.5. The third-order valence-corrected chi connectivity index (χ3v) is 3.99. The van der Waals surface area contributed by atoms with Crippen LogP contribution < -0.4 is 4.90 Å². The minimum absolute atomic E-state index is 0.520. The van der Waals surface area contributed by atoms with Crippen LogP contribution in [0.3, 0.4) is 0 Å². The van der Waals surface area contributed by atoms with Crippen molar-refractivity contribution >= 4 is 23.3 Å². The van der Waals surface area contributed by atoms with Gasteiger partial charge in [0, 0.05) is 13.1 Å². The fourth-order valence-electron chi connectivity index (χ4n) is 2.64. The van der Waals surface area contributed by atoms with Gasteiger partial charge in [-0.15, -0.1) is 0 Å². The van der Waals surface area contributed by atoms with Gasteiger partial charge in [-0.1, -0.05) is 17.7 Å². The second-order valence-electron chi connectivity index (χ2n) is 5.45. The molecular formula is C14H18ClNO2. The average Bonchev–Trinajstić information content (AvgIpc) is 2.60. The summed E-state index contributed by atoms with van der Waals surface area (Å²) in [6.07, 6.45) is 0.659. The number of aryl methyl sites for hydroxylation is 2. The summed E-state index contributed by atoms with van der Waals surface area (Å²) in [5.41, 5.74) is 2.55. The number of carboxylic acid groups (broad SMARTS) is 1. The first-order valence-corrected chi connectivity index (χ1v) is 6.46. The number of halogens is 1. The Morgan fingerprint density at radius 2 is 2.11 bits per heavy atom. The predicted octanol–water partition coefficient (Wildman–Crippen LogP) is 3.26. The Labute approximate surface area is 112 Å². The zero-order valence-corrected chi connectivity index (χ0v) is 11.7. The van der Waals surface area contributed by atoms with E-state index in [0.29, 0.717) is 18.0 Å². The minimum atomic E-state index is -0.731. The summed E-state index contributed by atoms with van der Waals surface area (Å²) in [6.45, 7) is 7.09. The maximum absolute atomic E-state index is 11.3. The summed E-state index contributed by atoms with van der Waals surface area (Å²) >= 11 is 6.30. The number of hydrogen-bond acceptors (Lipinski definition) is 2. The highest BCUT2D eigenvalue weighted by molar-refractivity contribution is 6.33. The van der Waals surface area contributed by atoms with Crippen LogP contribution >= 0.6 is 11.6 Å². The summed E-state index contributed by atoms with van der Waals surface area (Å²) in [4.78, 5) is 13.4. The van der Waals surface area contributed by atoms with Crippen LogP contribution in [0.15, 0.2) is 12.1 Å². The van der Waals surface area contributed by atoms with Crippen molar-refractivity contribution in [1.82, 2.24) is 0 Å². The molecule has 1 aliphatic rings. The standard InChI is InChI=1S/C14H18ClNO2/c1-9-6-10(2)12(11(15)7-9)16-5-4-14(3,8-16)13(17)18/h6-7H,4-5,8H2,1-3H3,(H,17,18). The number of carboxylic acids is 1. The first-order valence-electron chi connectivity index (χ1n) is 6.08. The van der Waals surface area contributed by atoms with Crippen molar-refractivity contribution in [1.29, 1.82) is 0 Å². The number of carbonyl (C=O) groups is 1. The molecule has 1 saturated heterocycles. The first kappa shape index (κ1) is 13.2. The molecule has 1 unspecified atom stereocenters. The van der Waals surface area contributed by atoms with Gasteiger partial charge in [0.2, 0.25) is 0 Å². The fraction of sp³-hybridized carbons (Fsp3) is 0.500. The predicted molar refractivity (Wildman–Crippen MR) is 73.5 cm³/mol. The van der Waals surface area contributed by atoms with Gasteiger partial charge < -0.3 is 10.0 Å². The van der Waals surface area contributed by atoms with Crippen molar-refractivity contribution in [3.63, 3.8) is 0 Å². The van der Waals surface area contributed by atoms with Crippen LogP contribution in [0.5, 0.6) is 0 Å². The van der Waals surface area contributed by atoms with Crippen molar-refractivity contribution in [2.24, 2.45) is 5.41 Å². The first-order chi connectivity index (χ1) is 8.33. The quantitative estimate of drug-likeness (QED) is 0.894. The Bertz CT molecular complexity index is 478. The number of nitrogens with zero attached hydrogens (tertiary/aromatic N) is 1. The lowest BCUT2D eigenvalue weighted by molar-refractivity contribution is -0.146. The molecule has 1 heterocycles. The number of anilines is 1. The molecule has 0 aromatic heterocycles. The maximum Gasteiger partial charge on any atom is 0.311 e. The van der Waals surface area contributed by atoms with Gasteiger partial charge in [0.25, 0.3) is 0 Å². The molecule has 18 heavy (non-hydrogen) atoms. The molecular weight excluding hydrogens is 250 g/mol. The highest BCUT2D eigenvalue weighted by Gasteiger charge is 2.41. The van der Waals surface area contributed by atoms with E-state index in [0.717, 1.165) is 23.4 Å². The molecule has 1 N–H and O–H groups in total. The van der Waals surface area contributed by atoms with Crippen molar-refractivity contribution in [2.75, 3.05) is 18.0 Å². The van der Waals surface area contributed by atoms with Crippen LogP contribution in [0.25, 0.3) is 0 Å². The maximum atomic E-state index is 11.3. The molecule has 0 radical (unpaired) electrons. The zero-order valence-electron chi connectivity index (χ0n) is 11.0. The summed E-state index contributed by atoms with van der Waals surface area (Å²) < 4.78 is 0. The normalized spacial score (nSPS) is 23.4. The number of aliphatic carboxylic acids is 1. The molecule has 4 heteroatoms. The van der Waals surface area contributed by atoms with E-state index >= 15 is 0 Å². The molecule has 1 aliphatic heterocycles. The van der Waals surface area contributed by atoms with E-state index in [1.54, 1.807) is 6.92 Å². The van der Waals surface area contributed by atoms with E-state index in [2.05, 4.69) is 11.0 Å². The van der Waals surface area contributed by atoms with Crippen LogP contribution in [-0.2, 0) is 4.79 Å².